The predicted octanol–water partition coefficient (Wildman–Crippen LogP) is 4.75. The maximum Gasteiger partial charge on any atom is 0.165 e. The zero-order valence-electron chi connectivity index (χ0n) is 12.1. The summed E-state index contributed by atoms with van der Waals surface area (Å²) >= 11 is 3.44. The standard InChI is InChI=1S/C17H19BrFNO/c1-3-15(20)17(12-5-4-6-13(18)10-12)21-16-9-11(2)7-8-14(16)19/h4-10,15,17H,3,20H2,1-2H3. The lowest BCUT2D eigenvalue weighted by Crippen LogP contribution is -2.31. The van der Waals surface area contributed by atoms with Gasteiger partial charge in [-0.3, -0.25) is 0 Å². The molecule has 2 unspecified atom stereocenters. The third-order valence-corrected chi connectivity index (χ3v) is 3.87. The highest BCUT2D eigenvalue weighted by molar-refractivity contribution is 9.10. The van der Waals surface area contributed by atoms with Crippen LogP contribution in [0.15, 0.2) is 46.9 Å². The number of ether oxygens (including phenoxy) is 1. The summed E-state index contributed by atoms with van der Waals surface area (Å²) in [5, 5.41) is 0. The molecule has 0 saturated heterocycles. The van der Waals surface area contributed by atoms with Gasteiger partial charge in [-0.25, -0.2) is 4.39 Å². The Hall–Kier alpha value is -1.39. The normalized spacial score (nSPS) is 13.8. The van der Waals surface area contributed by atoms with E-state index in [1.165, 1.54) is 6.07 Å². The number of halogens is 2. The van der Waals surface area contributed by atoms with E-state index in [0.717, 1.165) is 22.0 Å². The number of aryl methyl sites for hydroxylation is 1. The molecular formula is C17H19BrFNO. The minimum atomic E-state index is -0.385. The summed E-state index contributed by atoms with van der Waals surface area (Å²) in [5.74, 6) is -0.132. The Kier molecular flexibility index (Phi) is 5.37. The van der Waals surface area contributed by atoms with Crippen LogP contribution in [0.3, 0.4) is 0 Å². The largest absolute Gasteiger partial charge is 0.481 e. The van der Waals surface area contributed by atoms with Gasteiger partial charge in [-0.1, -0.05) is 41.1 Å². The van der Waals surface area contributed by atoms with E-state index in [0.29, 0.717) is 0 Å². The highest BCUT2D eigenvalue weighted by atomic mass is 79.9. The Balaban J connectivity index is 2.35. The molecule has 0 aliphatic rings. The van der Waals surface area contributed by atoms with Crippen LogP contribution in [0.4, 0.5) is 4.39 Å². The first-order valence-electron chi connectivity index (χ1n) is 6.95. The van der Waals surface area contributed by atoms with Crippen LogP contribution in [0, 0.1) is 12.7 Å². The van der Waals surface area contributed by atoms with Gasteiger partial charge in [-0.2, -0.15) is 0 Å². The monoisotopic (exact) mass is 351 g/mol. The van der Waals surface area contributed by atoms with Crippen LogP contribution in [0.25, 0.3) is 0 Å². The lowest BCUT2D eigenvalue weighted by atomic mass is 10.0. The molecule has 2 rings (SSSR count). The van der Waals surface area contributed by atoms with Crippen LogP contribution in [-0.4, -0.2) is 6.04 Å². The zero-order valence-corrected chi connectivity index (χ0v) is 13.7. The summed E-state index contributed by atoms with van der Waals surface area (Å²) in [7, 11) is 0. The molecule has 0 amide bonds. The van der Waals surface area contributed by atoms with Crippen molar-refractivity contribution in [3.8, 4) is 5.75 Å². The molecular weight excluding hydrogens is 333 g/mol. The summed E-state index contributed by atoms with van der Waals surface area (Å²) < 4.78 is 20.8. The second kappa shape index (κ2) is 7.05. The molecule has 2 N–H and O–H groups in total. The molecule has 21 heavy (non-hydrogen) atoms. The van der Waals surface area contributed by atoms with Gasteiger partial charge in [0.05, 0.1) is 0 Å². The van der Waals surface area contributed by atoms with Crippen molar-refractivity contribution in [1.29, 1.82) is 0 Å². The van der Waals surface area contributed by atoms with Gasteiger partial charge in [0, 0.05) is 10.5 Å². The van der Waals surface area contributed by atoms with Crippen LogP contribution in [-0.2, 0) is 0 Å². The smallest absolute Gasteiger partial charge is 0.165 e. The second-order valence-electron chi connectivity index (χ2n) is 5.10. The molecule has 112 valence electrons. The summed E-state index contributed by atoms with van der Waals surface area (Å²) in [4.78, 5) is 0. The quantitative estimate of drug-likeness (QED) is 0.843. The van der Waals surface area contributed by atoms with Crippen molar-refractivity contribution in [3.63, 3.8) is 0 Å². The Morgan fingerprint density at radius 2 is 2.00 bits per heavy atom. The Bertz CT molecular complexity index is 617. The molecule has 0 heterocycles. The molecule has 2 aromatic carbocycles. The first-order chi connectivity index (χ1) is 10.0. The lowest BCUT2D eigenvalue weighted by molar-refractivity contribution is 0.163. The van der Waals surface area contributed by atoms with E-state index >= 15 is 0 Å². The van der Waals surface area contributed by atoms with Gasteiger partial charge >= 0.3 is 0 Å². The first-order valence-corrected chi connectivity index (χ1v) is 7.74. The highest BCUT2D eigenvalue weighted by Gasteiger charge is 2.22. The fourth-order valence-corrected chi connectivity index (χ4v) is 2.55. The third kappa shape index (κ3) is 4.05. The van der Waals surface area contributed by atoms with Gasteiger partial charge in [0.15, 0.2) is 11.6 Å². The molecule has 0 bridgehead atoms. The van der Waals surface area contributed by atoms with Crippen LogP contribution < -0.4 is 10.5 Å². The summed E-state index contributed by atoms with van der Waals surface area (Å²) in [6.45, 7) is 3.89. The molecule has 4 heteroatoms. The van der Waals surface area contributed by atoms with Crippen molar-refractivity contribution >= 4 is 15.9 Å². The number of nitrogens with two attached hydrogens (primary N) is 1. The molecule has 0 aliphatic carbocycles. The van der Waals surface area contributed by atoms with Crippen molar-refractivity contribution in [2.45, 2.75) is 32.4 Å². The number of benzene rings is 2. The Morgan fingerprint density at radius 1 is 1.24 bits per heavy atom. The SMILES string of the molecule is CCC(N)C(Oc1cc(C)ccc1F)c1cccc(Br)c1. The average Bonchev–Trinajstić information content (AvgIpc) is 2.47. The molecule has 0 fully saturated rings. The van der Waals surface area contributed by atoms with Crippen LogP contribution in [0.5, 0.6) is 5.75 Å². The third-order valence-electron chi connectivity index (χ3n) is 3.38. The van der Waals surface area contributed by atoms with E-state index in [-0.39, 0.29) is 23.7 Å². The van der Waals surface area contributed by atoms with Crippen molar-refractivity contribution < 1.29 is 9.13 Å². The van der Waals surface area contributed by atoms with Gasteiger partial charge in [0.2, 0.25) is 0 Å². The zero-order chi connectivity index (χ0) is 15.4. The van der Waals surface area contributed by atoms with Gasteiger partial charge in [0.1, 0.15) is 6.10 Å². The van der Waals surface area contributed by atoms with Crippen molar-refractivity contribution in [2.24, 2.45) is 5.73 Å². The van der Waals surface area contributed by atoms with Crippen LogP contribution >= 0.6 is 15.9 Å². The van der Waals surface area contributed by atoms with Gasteiger partial charge < -0.3 is 10.5 Å². The molecule has 0 aromatic heterocycles. The second-order valence-corrected chi connectivity index (χ2v) is 6.02. The number of rotatable bonds is 5. The topological polar surface area (TPSA) is 35.2 Å². The molecule has 2 atom stereocenters. The van der Waals surface area contributed by atoms with Crippen LogP contribution in [0.2, 0.25) is 0 Å². The first kappa shape index (κ1) is 16.0. The van der Waals surface area contributed by atoms with E-state index in [2.05, 4.69) is 15.9 Å². The Labute approximate surface area is 133 Å². The highest BCUT2D eigenvalue weighted by Crippen LogP contribution is 2.29. The van der Waals surface area contributed by atoms with Crippen LogP contribution in [0.1, 0.15) is 30.6 Å². The van der Waals surface area contributed by atoms with E-state index in [1.807, 2.05) is 38.1 Å². The number of hydrogen-bond acceptors (Lipinski definition) is 2. The number of hydrogen-bond donors (Lipinski definition) is 1. The maximum atomic E-state index is 13.9. The molecule has 0 spiro atoms. The van der Waals surface area contributed by atoms with Gasteiger partial charge in [-0.15, -0.1) is 0 Å². The minimum Gasteiger partial charge on any atom is -0.481 e. The summed E-state index contributed by atoms with van der Waals surface area (Å²) in [6, 6.07) is 12.4. The van der Waals surface area contributed by atoms with Crippen molar-refractivity contribution in [3.05, 3.63) is 63.9 Å². The van der Waals surface area contributed by atoms with E-state index in [9.17, 15) is 4.39 Å². The minimum absolute atomic E-state index is 0.209. The molecule has 2 aromatic rings. The van der Waals surface area contributed by atoms with E-state index in [1.54, 1.807) is 12.1 Å². The summed E-state index contributed by atoms with van der Waals surface area (Å²) in [6.07, 6.45) is 0.355. The van der Waals surface area contributed by atoms with E-state index in [4.69, 9.17) is 10.5 Å². The predicted molar refractivity (Wildman–Crippen MR) is 86.9 cm³/mol. The molecule has 0 aliphatic heterocycles. The lowest BCUT2D eigenvalue weighted by Gasteiger charge is -2.25. The average molecular weight is 352 g/mol. The Morgan fingerprint density at radius 3 is 2.67 bits per heavy atom. The fourth-order valence-electron chi connectivity index (χ4n) is 2.14. The van der Waals surface area contributed by atoms with Gasteiger partial charge in [0.25, 0.3) is 0 Å². The van der Waals surface area contributed by atoms with Gasteiger partial charge in [-0.05, 0) is 48.7 Å². The van der Waals surface area contributed by atoms with Crippen molar-refractivity contribution in [1.82, 2.24) is 0 Å². The summed E-state index contributed by atoms with van der Waals surface area (Å²) in [5.41, 5.74) is 8.05. The van der Waals surface area contributed by atoms with Crippen molar-refractivity contribution in [2.75, 3.05) is 0 Å². The fraction of sp³-hybridized carbons (Fsp3) is 0.294. The molecule has 2 nitrogen and oxygen atoms in total. The molecule has 0 saturated carbocycles. The maximum absolute atomic E-state index is 13.9. The van der Waals surface area contributed by atoms with E-state index < -0.39 is 0 Å². The molecule has 0 radical (unpaired) electrons.